The number of hydrogen-bond donors (Lipinski definition) is 2. The third-order valence-corrected chi connectivity index (χ3v) is 5.45. The maximum Gasteiger partial charge on any atom is 0.325 e. The van der Waals surface area contributed by atoms with Gasteiger partial charge in [0.15, 0.2) is 0 Å². The molecule has 2 N–H and O–H groups in total. The Morgan fingerprint density at radius 2 is 1.90 bits per heavy atom. The maximum absolute atomic E-state index is 12.7. The van der Waals surface area contributed by atoms with E-state index in [0.717, 1.165) is 31.6 Å². The molecule has 9 heteroatoms. The van der Waals surface area contributed by atoms with Gasteiger partial charge in [0.1, 0.15) is 23.5 Å². The lowest BCUT2D eigenvalue weighted by molar-refractivity contribution is -0.153. The highest BCUT2D eigenvalue weighted by Crippen LogP contribution is 2.31. The van der Waals surface area contributed by atoms with E-state index in [4.69, 9.17) is 4.74 Å². The highest BCUT2D eigenvalue weighted by molar-refractivity contribution is 6.03. The number of hydrogen-bond acceptors (Lipinski definition) is 7. The fourth-order valence-electron chi connectivity index (χ4n) is 3.79. The van der Waals surface area contributed by atoms with E-state index in [-0.39, 0.29) is 5.92 Å². The van der Waals surface area contributed by atoms with Gasteiger partial charge in [0.05, 0.1) is 11.7 Å². The van der Waals surface area contributed by atoms with Gasteiger partial charge < -0.3 is 24.6 Å². The van der Waals surface area contributed by atoms with Crippen LogP contribution >= 0.6 is 0 Å². The van der Waals surface area contributed by atoms with Crippen LogP contribution in [0.25, 0.3) is 10.9 Å². The first-order valence-electron chi connectivity index (χ1n) is 10.4. The van der Waals surface area contributed by atoms with Crippen LogP contribution in [-0.4, -0.2) is 63.7 Å². The Morgan fingerprint density at radius 1 is 1.26 bits per heavy atom. The van der Waals surface area contributed by atoms with Crippen molar-refractivity contribution in [1.82, 2.24) is 19.8 Å². The first-order valence-corrected chi connectivity index (χ1v) is 10.4. The Morgan fingerprint density at radius 3 is 2.52 bits per heavy atom. The number of nitrogens with zero attached hydrogens (tertiary/aromatic N) is 3. The van der Waals surface area contributed by atoms with Crippen molar-refractivity contribution in [2.24, 2.45) is 7.05 Å². The molecule has 2 aromatic heterocycles. The van der Waals surface area contributed by atoms with Gasteiger partial charge in [-0.3, -0.25) is 19.4 Å². The molecule has 3 heterocycles. The van der Waals surface area contributed by atoms with E-state index in [1.54, 1.807) is 33.0 Å². The van der Waals surface area contributed by atoms with Gasteiger partial charge in [-0.25, -0.2) is 0 Å². The molecule has 2 aromatic rings. The average molecular weight is 431 g/mol. The average Bonchev–Trinajstić information content (AvgIpc) is 2.69. The van der Waals surface area contributed by atoms with Gasteiger partial charge in [-0.2, -0.15) is 0 Å². The van der Waals surface area contributed by atoms with Crippen LogP contribution < -0.4 is 10.9 Å². The number of nitrogens with one attached hydrogen (secondary N) is 1. The standard InChI is InChI=1S/C22H30N4O5/c1-22(2,3)31-17(27)12-24-20(29)18-19(28)14-10-15(13-6-8-25(4)9-7-13)23-11-16(14)26(5)21(18)30/h10-11,13,28H,6-9,12H2,1-5H3,(H,24,29). The number of carbonyl (C=O) groups is 2. The highest BCUT2D eigenvalue weighted by Gasteiger charge is 2.25. The number of pyridine rings is 2. The van der Waals surface area contributed by atoms with Crippen LogP contribution in [0.4, 0.5) is 0 Å². The molecule has 0 bridgehead atoms. The van der Waals surface area contributed by atoms with Crippen LogP contribution in [-0.2, 0) is 16.6 Å². The molecule has 0 spiro atoms. The second-order valence-electron chi connectivity index (χ2n) is 9.06. The van der Waals surface area contributed by atoms with E-state index in [0.29, 0.717) is 10.9 Å². The number of rotatable bonds is 4. The number of esters is 1. The maximum atomic E-state index is 12.7. The summed E-state index contributed by atoms with van der Waals surface area (Å²) in [5.74, 6) is -1.62. The Hall–Kier alpha value is -2.94. The number of aryl methyl sites for hydroxylation is 1. The molecule has 0 unspecified atom stereocenters. The topological polar surface area (TPSA) is 114 Å². The minimum absolute atomic E-state index is 0.252. The predicted molar refractivity (Wildman–Crippen MR) is 116 cm³/mol. The Labute approximate surface area is 181 Å². The molecule has 0 atom stereocenters. The van der Waals surface area contributed by atoms with Gasteiger partial charge >= 0.3 is 5.97 Å². The number of ether oxygens (including phenoxy) is 1. The smallest absolute Gasteiger partial charge is 0.325 e. The Balaban J connectivity index is 1.91. The fourth-order valence-corrected chi connectivity index (χ4v) is 3.79. The van der Waals surface area contributed by atoms with Gasteiger partial charge in [0.25, 0.3) is 11.5 Å². The molecule has 3 rings (SSSR count). The first-order chi connectivity index (χ1) is 14.5. The summed E-state index contributed by atoms with van der Waals surface area (Å²) in [4.78, 5) is 44.1. The molecule has 31 heavy (non-hydrogen) atoms. The minimum Gasteiger partial charge on any atom is -0.506 e. The van der Waals surface area contributed by atoms with E-state index in [9.17, 15) is 19.5 Å². The van der Waals surface area contributed by atoms with Crippen molar-refractivity contribution in [2.75, 3.05) is 26.7 Å². The predicted octanol–water partition coefficient (Wildman–Crippen LogP) is 1.52. The number of likely N-dealkylation sites (tertiary alicyclic amines) is 1. The third-order valence-electron chi connectivity index (χ3n) is 5.45. The second-order valence-corrected chi connectivity index (χ2v) is 9.06. The molecule has 1 aliphatic rings. The second kappa shape index (κ2) is 8.66. The number of piperidine rings is 1. The van der Waals surface area contributed by atoms with Gasteiger partial charge in [-0.1, -0.05) is 0 Å². The minimum atomic E-state index is -0.830. The summed E-state index contributed by atoms with van der Waals surface area (Å²) in [6, 6.07) is 1.75. The van der Waals surface area contributed by atoms with Gasteiger partial charge in [0.2, 0.25) is 0 Å². The molecule has 0 saturated carbocycles. The molecular formula is C22H30N4O5. The zero-order chi connectivity index (χ0) is 22.9. The molecule has 1 aliphatic heterocycles. The van der Waals surface area contributed by atoms with Crippen molar-refractivity contribution in [3.05, 3.63) is 33.9 Å². The van der Waals surface area contributed by atoms with Crippen LogP contribution in [0.15, 0.2) is 17.1 Å². The van der Waals surface area contributed by atoms with Crippen molar-refractivity contribution in [2.45, 2.75) is 45.1 Å². The molecule has 1 amide bonds. The third kappa shape index (κ3) is 5.04. The molecule has 0 radical (unpaired) electrons. The number of aromatic hydroxyl groups is 1. The number of carbonyl (C=O) groups excluding carboxylic acids is 2. The summed E-state index contributed by atoms with van der Waals surface area (Å²) < 4.78 is 6.44. The van der Waals surface area contributed by atoms with Gasteiger partial charge in [-0.05, 0) is 59.8 Å². The van der Waals surface area contributed by atoms with E-state index >= 15 is 0 Å². The van der Waals surface area contributed by atoms with E-state index in [2.05, 4.69) is 22.2 Å². The van der Waals surface area contributed by atoms with Crippen LogP contribution in [0.5, 0.6) is 5.75 Å². The quantitative estimate of drug-likeness (QED) is 0.707. The van der Waals surface area contributed by atoms with E-state index in [1.165, 1.54) is 11.6 Å². The van der Waals surface area contributed by atoms with Crippen LogP contribution in [0.1, 0.15) is 55.6 Å². The number of amides is 1. The first kappa shape index (κ1) is 22.7. The zero-order valence-corrected chi connectivity index (χ0v) is 18.7. The molecule has 1 saturated heterocycles. The Kier molecular flexibility index (Phi) is 6.35. The van der Waals surface area contributed by atoms with Gasteiger partial charge in [-0.15, -0.1) is 0 Å². The Bertz CT molecular complexity index is 1060. The summed E-state index contributed by atoms with van der Waals surface area (Å²) in [6.45, 7) is 6.66. The molecular weight excluding hydrogens is 400 g/mol. The van der Waals surface area contributed by atoms with Crippen molar-refractivity contribution >= 4 is 22.8 Å². The van der Waals surface area contributed by atoms with E-state index < -0.39 is 40.9 Å². The van der Waals surface area contributed by atoms with Crippen molar-refractivity contribution in [3.63, 3.8) is 0 Å². The molecule has 1 fully saturated rings. The zero-order valence-electron chi connectivity index (χ0n) is 18.7. The van der Waals surface area contributed by atoms with Crippen molar-refractivity contribution < 1.29 is 19.4 Å². The molecule has 0 aromatic carbocycles. The summed E-state index contributed by atoms with van der Waals surface area (Å²) in [6.07, 6.45) is 3.46. The summed E-state index contributed by atoms with van der Waals surface area (Å²) >= 11 is 0. The van der Waals surface area contributed by atoms with Crippen LogP contribution in [0, 0.1) is 0 Å². The fraction of sp³-hybridized carbons (Fsp3) is 0.545. The van der Waals surface area contributed by atoms with Gasteiger partial charge in [0, 0.05) is 24.0 Å². The normalized spacial score (nSPS) is 15.8. The number of aromatic nitrogens is 2. The summed E-state index contributed by atoms with van der Waals surface area (Å²) in [7, 11) is 3.60. The molecule has 9 nitrogen and oxygen atoms in total. The summed E-state index contributed by atoms with van der Waals surface area (Å²) in [5, 5.41) is 13.6. The highest BCUT2D eigenvalue weighted by atomic mass is 16.6. The largest absolute Gasteiger partial charge is 0.506 e. The van der Waals surface area contributed by atoms with Crippen LogP contribution in [0.2, 0.25) is 0 Å². The molecule has 0 aliphatic carbocycles. The van der Waals surface area contributed by atoms with E-state index in [1.807, 2.05) is 0 Å². The number of fused-ring (bicyclic) bond motifs is 1. The SMILES string of the molecule is CN1CCC(c2cc3c(O)c(C(=O)NCC(=O)OC(C)(C)C)c(=O)n(C)c3cn2)CC1. The lowest BCUT2D eigenvalue weighted by atomic mass is 9.92. The lowest BCUT2D eigenvalue weighted by Crippen LogP contribution is -2.37. The summed E-state index contributed by atoms with van der Waals surface area (Å²) in [5.41, 5.74) is -0.502. The monoisotopic (exact) mass is 430 g/mol. The molecule has 168 valence electrons. The van der Waals surface area contributed by atoms with Crippen molar-refractivity contribution in [1.29, 1.82) is 0 Å². The lowest BCUT2D eigenvalue weighted by Gasteiger charge is -2.28. The van der Waals surface area contributed by atoms with Crippen LogP contribution in [0.3, 0.4) is 0 Å². The van der Waals surface area contributed by atoms with Crippen molar-refractivity contribution in [3.8, 4) is 5.75 Å².